The molecule has 4 rings (SSSR count). The van der Waals surface area contributed by atoms with Crippen molar-refractivity contribution in [2.24, 2.45) is 7.05 Å². The van der Waals surface area contributed by atoms with E-state index in [1.165, 1.54) is 0 Å². The molecule has 1 atom stereocenters. The molecule has 2 aromatic heterocycles. The summed E-state index contributed by atoms with van der Waals surface area (Å²) >= 11 is 0. The molecule has 0 fully saturated rings. The highest BCUT2D eigenvalue weighted by Gasteiger charge is 2.22. The zero-order valence-corrected chi connectivity index (χ0v) is 15.0. The Kier molecular flexibility index (Phi) is 3.99. The molecule has 0 saturated carbocycles. The number of fused-ring (bicyclic) bond motifs is 2. The summed E-state index contributed by atoms with van der Waals surface area (Å²) in [7, 11) is 3.62. The minimum atomic E-state index is -0.124. The van der Waals surface area contributed by atoms with Crippen LogP contribution in [0.1, 0.15) is 28.9 Å². The van der Waals surface area contributed by atoms with Gasteiger partial charge in [-0.15, -0.1) is 0 Å². The second kappa shape index (κ2) is 6.33. The van der Waals surface area contributed by atoms with Crippen LogP contribution in [0.3, 0.4) is 0 Å². The van der Waals surface area contributed by atoms with Gasteiger partial charge in [-0.2, -0.15) is 5.10 Å². The quantitative estimate of drug-likeness (QED) is 0.725. The van der Waals surface area contributed by atoms with E-state index in [2.05, 4.69) is 10.1 Å². The van der Waals surface area contributed by atoms with Crippen molar-refractivity contribution in [3.8, 4) is 11.5 Å². The van der Waals surface area contributed by atoms with Gasteiger partial charge in [0.05, 0.1) is 23.3 Å². The predicted octanol–water partition coefficient (Wildman–Crippen LogP) is 2.57. The molecule has 1 aromatic carbocycles. The monoisotopic (exact) mass is 352 g/mol. The van der Waals surface area contributed by atoms with E-state index in [1.807, 2.05) is 38.2 Å². The van der Waals surface area contributed by atoms with Crippen LogP contribution >= 0.6 is 0 Å². The van der Waals surface area contributed by atoms with Crippen LogP contribution in [-0.4, -0.2) is 45.8 Å². The standard InChI is InChI=1S/C19H20N4O3/c1-12(13-4-5-17-18(9-13)26-7-6-25-17)22(2)19(24)14-8-16-15(20-10-14)11-21-23(16)3/h4-5,8-12H,6-7H2,1-3H3. The van der Waals surface area contributed by atoms with Gasteiger partial charge in [0, 0.05) is 20.3 Å². The second-order valence-electron chi connectivity index (χ2n) is 6.39. The Hall–Kier alpha value is -3.09. The molecule has 0 spiro atoms. The third-order valence-electron chi connectivity index (χ3n) is 4.80. The first-order chi connectivity index (χ1) is 12.5. The van der Waals surface area contributed by atoms with Crippen LogP contribution in [0.4, 0.5) is 0 Å². The van der Waals surface area contributed by atoms with Crippen LogP contribution in [0.5, 0.6) is 11.5 Å². The van der Waals surface area contributed by atoms with Crippen LogP contribution in [0.15, 0.2) is 36.7 Å². The van der Waals surface area contributed by atoms with E-state index in [4.69, 9.17) is 9.47 Å². The summed E-state index contributed by atoms with van der Waals surface area (Å²) in [5.41, 5.74) is 3.12. The molecule has 1 amide bonds. The van der Waals surface area contributed by atoms with E-state index in [0.717, 1.165) is 28.1 Å². The molecule has 7 nitrogen and oxygen atoms in total. The lowest BCUT2D eigenvalue weighted by molar-refractivity contribution is 0.0742. The van der Waals surface area contributed by atoms with Crippen molar-refractivity contribution in [3.63, 3.8) is 0 Å². The summed E-state index contributed by atoms with van der Waals surface area (Å²) in [6.45, 7) is 3.08. The summed E-state index contributed by atoms with van der Waals surface area (Å²) in [6, 6.07) is 7.49. The Bertz CT molecular complexity index is 982. The number of pyridine rings is 1. The van der Waals surface area contributed by atoms with E-state index in [9.17, 15) is 4.79 Å². The summed E-state index contributed by atoms with van der Waals surface area (Å²) < 4.78 is 12.9. The van der Waals surface area contributed by atoms with Crippen molar-refractivity contribution in [1.29, 1.82) is 0 Å². The number of aromatic nitrogens is 3. The molecule has 0 aliphatic carbocycles. The average molecular weight is 352 g/mol. The number of rotatable bonds is 3. The molecular weight excluding hydrogens is 332 g/mol. The van der Waals surface area contributed by atoms with Crippen molar-refractivity contribution in [3.05, 3.63) is 47.8 Å². The summed E-state index contributed by atoms with van der Waals surface area (Å²) in [5, 5.41) is 4.17. The maximum atomic E-state index is 12.9. The first-order valence-corrected chi connectivity index (χ1v) is 8.49. The fourth-order valence-electron chi connectivity index (χ4n) is 3.07. The lowest BCUT2D eigenvalue weighted by atomic mass is 10.1. The molecule has 0 radical (unpaired) electrons. The molecule has 0 bridgehead atoms. The van der Waals surface area contributed by atoms with Gasteiger partial charge in [0.25, 0.3) is 5.91 Å². The number of ether oxygens (including phenoxy) is 2. The van der Waals surface area contributed by atoms with Crippen LogP contribution in [0.25, 0.3) is 11.0 Å². The van der Waals surface area contributed by atoms with Crippen molar-refractivity contribution in [1.82, 2.24) is 19.7 Å². The van der Waals surface area contributed by atoms with Crippen LogP contribution in [0, 0.1) is 0 Å². The number of hydrogen-bond acceptors (Lipinski definition) is 5. The third-order valence-corrected chi connectivity index (χ3v) is 4.80. The van der Waals surface area contributed by atoms with Gasteiger partial charge < -0.3 is 14.4 Å². The molecule has 3 aromatic rings. The number of benzene rings is 1. The van der Waals surface area contributed by atoms with Crippen molar-refractivity contribution in [2.45, 2.75) is 13.0 Å². The summed E-state index contributed by atoms with van der Waals surface area (Å²) in [4.78, 5) is 19.0. The van der Waals surface area contributed by atoms with Crippen LogP contribution in [-0.2, 0) is 7.05 Å². The van der Waals surface area contributed by atoms with E-state index in [-0.39, 0.29) is 11.9 Å². The Morgan fingerprint density at radius 3 is 2.77 bits per heavy atom. The minimum absolute atomic E-state index is 0.0945. The van der Waals surface area contributed by atoms with Crippen molar-refractivity contribution in [2.75, 3.05) is 20.3 Å². The summed E-state index contributed by atoms with van der Waals surface area (Å²) in [6.07, 6.45) is 3.28. The lowest BCUT2D eigenvalue weighted by Crippen LogP contribution is -2.30. The van der Waals surface area contributed by atoms with E-state index < -0.39 is 0 Å². The van der Waals surface area contributed by atoms with Gasteiger partial charge in [-0.1, -0.05) is 6.07 Å². The lowest BCUT2D eigenvalue weighted by Gasteiger charge is -2.27. The first kappa shape index (κ1) is 16.4. The summed E-state index contributed by atoms with van der Waals surface area (Å²) in [5.74, 6) is 1.37. The number of hydrogen-bond donors (Lipinski definition) is 0. The van der Waals surface area contributed by atoms with Gasteiger partial charge in [-0.25, -0.2) is 0 Å². The van der Waals surface area contributed by atoms with Gasteiger partial charge in [-0.05, 0) is 30.7 Å². The number of nitrogens with zero attached hydrogens (tertiary/aromatic N) is 4. The molecule has 1 aliphatic heterocycles. The van der Waals surface area contributed by atoms with Gasteiger partial charge in [0.1, 0.15) is 18.7 Å². The van der Waals surface area contributed by atoms with E-state index in [1.54, 1.807) is 29.0 Å². The van der Waals surface area contributed by atoms with Gasteiger partial charge in [-0.3, -0.25) is 14.5 Å². The smallest absolute Gasteiger partial charge is 0.255 e. The van der Waals surface area contributed by atoms with Crippen molar-refractivity contribution < 1.29 is 14.3 Å². The normalized spacial score (nSPS) is 14.3. The number of aryl methyl sites for hydroxylation is 1. The third kappa shape index (κ3) is 2.75. The molecule has 3 heterocycles. The predicted molar refractivity (Wildman–Crippen MR) is 96.4 cm³/mol. The van der Waals surface area contributed by atoms with Crippen LogP contribution in [0.2, 0.25) is 0 Å². The van der Waals surface area contributed by atoms with E-state index >= 15 is 0 Å². The molecule has 0 N–H and O–H groups in total. The molecule has 1 aliphatic rings. The van der Waals surface area contributed by atoms with Gasteiger partial charge in [0.2, 0.25) is 0 Å². The first-order valence-electron chi connectivity index (χ1n) is 8.49. The fraction of sp³-hybridized carbons (Fsp3) is 0.316. The van der Waals surface area contributed by atoms with Gasteiger partial charge >= 0.3 is 0 Å². The van der Waals surface area contributed by atoms with Crippen molar-refractivity contribution >= 4 is 16.9 Å². The van der Waals surface area contributed by atoms with Gasteiger partial charge in [0.15, 0.2) is 11.5 Å². The average Bonchev–Trinajstić information content (AvgIpc) is 3.06. The number of amides is 1. The zero-order valence-electron chi connectivity index (χ0n) is 15.0. The maximum Gasteiger partial charge on any atom is 0.255 e. The molecule has 134 valence electrons. The van der Waals surface area contributed by atoms with E-state index in [0.29, 0.717) is 18.8 Å². The SMILES string of the molecule is CC(c1ccc2c(c1)OCCO2)N(C)C(=O)c1cnc2cnn(C)c2c1. The second-order valence-corrected chi connectivity index (χ2v) is 6.39. The highest BCUT2D eigenvalue weighted by atomic mass is 16.6. The molecule has 7 heteroatoms. The Morgan fingerprint density at radius 1 is 1.19 bits per heavy atom. The fourth-order valence-corrected chi connectivity index (χ4v) is 3.07. The maximum absolute atomic E-state index is 12.9. The topological polar surface area (TPSA) is 69.5 Å². The highest BCUT2D eigenvalue weighted by Crippen LogP contribution is 2.34. The minimum Gasteiger partial charge on any atom is -0.486 e. The highest BCUT2D eigenvalue weighted by molar-refractivity contribution is 5.96. The Morgan fingerprint density at radius 2 is 1.96 bits per heavy atom. The Labute approximate surface area is 151 Å². The number of carbonyl (C=O) groups excluding carboxylic acids is 1. The zero-order chi connectivity index (χ0) is 18.3. The number of carbonyl (C=O) groups is 1. The molecular formula is C19H20N4O3. The largest absolute Gasteiger partial charge is 0.486 e. The molecule has 26 heavy (non-hydrogen) atoms. The van der Waals surface area contributed by atoms with Crippen LogP contribution < -0.4 is 9.47 Å². The molecule has 0 saturated heterocycles. The Balaban J connectivity index is 1.60. The molecule has 1 unspecified atom stereocenters.